The number of esters is 1. The Bertz CT molecular complexity index is 1310. The maximum atomic E-state index is 12.4. The molecular weight excluding hydrogens is 388 g/mol. The molecule has 3 heterocycles. The van der Waals surface area contributed by atoms with Gasteiger partial charge in [0.2, 0.25) is 0 Å². The van der Waals surface area contributed by atoms with Gasteiger partial charge in [-0.15, -0.1) is 0 Å². The van der Waals surface area contributed by atoms with Crippen LogP contribution in [-0.2, 0) is 31.9 Å². The molecule has 0 aliphatic rings. The molecule has 0 N–H and O–H groups in total. The van der Waals surface area contributed by atoms with Gasteiger partial charge in [0.05, 0.1) is 25.0 Å². The van der Waals surface area contributed by atoms with E-state index in [2.05, 4.69) is 10.1 Å². The van der Waals surface area contributed by atoms with E-state index in [0.29, 0.717) is 23.3 Å². The van der Waals surface area contributed by atoms with Crippen LogP contribution in [0.5, 0.6) is 0 Å². The zero-order valence-corrected chi connectivity index (χ0v) is 16.6. The van der Waals surface area contributed by atoms with E-state index in [1.165, 1.54) is 17.9 Å². The van der Waals surface area contributed by atoms with E-state index in [0.717, 1.165) is 10.1 Å². The van der Waals surface area contributed by atoms with Crippen LogP contribution < -0.4 is 11.2 Å². The Hall–Kier alpha value is -3.95. The molecular formula is C20H20N6O4. The van der Waals surface area contributed by atoms with Crippen molar-refractivity contribution in [3.63, 3.8) is 0 Å². The van der Waals surface area contributed by atoms with Crippen molar-refractivity contribution in [2.75, 3.05) is 6.61 Å². The Balaban J connectivity index is 1.41. The quantitative estimate of drug-likeness (QED) is 0.431. The van der Waals surface area contributed by atoms with Crippen molar-refractivity contribution in [3.05, 3.63) is 81.0 Å². The van der Waals surface area contributed by atoms with Crippen LogP contribution in [0.15, 0.2) is 58.6 Å². The average molecular weight is 408 g/mol. The number of carbonyl (C=O) groups is 1. The molecule has 0 aliphatic carbocycles. The number of aryl methyl sites for hydroxylation is 1. The number of imidazole rings is 1. The highest BCUT2D eigenvalue weighted by molar-refractivity contribution is 5.89. The Labute approximate surface area is 170 Å². The first-order chi connectivity index (χ1) is 14.5. The van der Waals surface area contributed by atoms with Gasteiger partial charge in [0.1, 0.15) is 6.61 Å². The SMILES string of the molecule is Cn1c(=O)c2c(ncn2CCOC(=O)c2ccc(Cn3cccn3)cc2)n(C)c1=O. The summed E-state index contributed by atoms with van der Waals surface area (Å²) in [5.74, 6) is -0.453. The second-order valence-electron chi connectivity index (χ2n) is 6.85. The molecule has 0 spiro atoms. The summed E-state index contributed by atoms with van der Waals surface area (Å²) in [4.78, 5) is 40.9. The van der Waals surface area contributed by atoms with Gasteiger partial charge >= 0.3 is 11.7 Å². The van der Waals surface area contributed by atoms with E-state index in [4.69, 9.17) is 4.74 Å². The standard InChI is InChI=1S/C20H20N6O4/c1-23-17-16(18(27)24(2)20(23)29)25(13-21-17)10-11-30-19(28)15-6-4-14(5-7-15)12-26-9-3-8-22-26/h3-9,13H,10-12H2,1-2H3. The molecule has 30 heavy (non-hydrogen) atoms. The van der Waals surface area contributed by atoms with Crippen molar-refractivity contribution < 1.29 is 9.53 Å². The van der Waals surface area contributed by atoms with Gasteiger partial charge in [-0.3, -0.25) is 18.6 Å². The second-order valence-corrected chi connectivity index (χ2v) is 6.85. The number of fused-ring (bicyclic) bond motifs is 1. The Morgan fingerprint density at radius 3 is 2.57 bits per heavy atom. The molecule has 4 rings (SSSR count). The monoisotopic (exact) mass is 408 g/mol. The summed E-state index contributed by atoms with van der Waals surface area (Å²) >= 11 is 0. The first-order valence-electron chi connectivity index (χ1n) is 9.30. The van der Waals surface area contributed by atoms with Crippen molar-refractivity contribution >= 4 is 17.1 Å². The first-order valence-corrected chi connectivity index (χ1v) is 9.30. The van der Waals surface area contributed by atoms with E-state index in [1.54, 1.807) is 34.6 Å². The van der Waals surface area contributed by atoms with Crippen molar-refractivity contribution in [2.45, 2.75) is 13.1 Å². The molecule has 0 atom stereocenters. The van der Waals surface area contributed by atoms with Gasteiger partial charge in [0.15, 0.2) is 11.2 Å². The number of hydrogen-bond donors (Lipinski definition) is 0. The van der Waals surface area contributed by atoms with E-state index in [9.17, 15) is 14.4 Å². The number of rotatable bonds is 6. The Morgan fingerprint density at radius 2 is 1.87 bits per heavy atom. The fraction of sp³-hybridized carbons (Fsp3) is 0.250. The van der Waals surface area contributed by atoms with E-state index >= 15 is 0 Å². The highest BCUT2D eigenvalue weighted by Gasteiger charge is 2.14. The second kappa shape index (κ2) is 7.82. The summed E-state index contributed by atoms with van der Waals surface area (Å²) in [6.45, 7) is 0.923. The summed E-state index contributed by atoms with van der Waals surface area (Å²) in [5.41, 5.74) is 1.15. The molecule has 0 saturated heterocycles. The lowest BCUT2D eigenvalue weighted by Crippen LogP contribution is -2.37. The first kappa shape index (κ1) is 19.4. The number of hydrogen-bond acceptors (Lipinski definition) is 6. The third-order valence-electron chi connectivity index (χ3n) is 4.88. The van der Waals surface area contributed by atoms with Crippen LogP contribution in [0.3, 0.4) is 0 Å². The fourth-order valence-electron chi connectivity index (χ4n) is 3.21. The van der Waals surface area contributed by atoms with E-state index in [1.807, 2.05) is 24.4 Å². The van der Waals surface area contributed by atoms with Crippen molar-refractivity contribution in [1.82, 2.24) is 28.5 Å². The van der Waals surface area contributed by atoms with Gasteiger partial charge in [-0.25, -0.2) is 14.6 Å². The minimum absolute atomic E-state index is 0.0608. The fourth-order valence-corrected chi connectivity index (χ4v) is 3.21. The molecule has 0 saturated carbocycles. The smallest absolute Gasteiger partial charge is 0.338 e. The normalized spacial score (nSPS) is 11.1. The van der Waals surface area contributed by atoms with Crippen molar-refractivity contribution in [3.8, 4) is 0 Å². The number of nitrogens with zero attached hydrogens (tertiary/aromatic N) is 6. The Morgan fingerprint density at radius 1 is 1.10 bits per heavy atom. The van der Waals surface area contributed by atoms with Gasteiger partial charge < -0.3 is 9.30 Å². The summed E-state index contributed by atoms with van der Waals surface area (Å²) in [6.07, 6.45) is 5.04. The maximum absolute atomic E-state index is 12.4. The number of carbonyl (C=O) groups excluding carboxylic acids is 1. The minimum atomic E-state index is -0.453. The van der Waals surface area contributed by atoms with E-state index < -0.39 is 17.2 Å². The summed E-state index contributed by atoms with van der Waals surface area (Å²) in [5, 5.41) is 4.15. The van der Waals surface area contributed by atoms with Crippen LogP contribution in [-0.4, -0.2) is 41.0 Å². The highest BCUT2D eigenvalue weighted by Crippen LogP contribution is 2.09. The molecule has 154 valence electrons. The lowest BCUT2D eigenvalue weighted by atomic mass is 10.1. The molecule has 0 bridgehead atoms. The van der Waals surface area contributed by atoms with Crippen LogP contribution in [0.2, 0.25) is 0 Å². The van der Waals surface area contributed by atoms with Crippen molar-refractivity contribution in [1.29, 1.82) is 0 Å². The van der Waals surface area contributed by atoms with Gasteiger partial charge in [-0.1, -0.05) is 12.1 Å². The molecule has 10 nitrogen and oxygen atoms in total. The summed E-state index contributed by atoms with van der Waals surface area (Å²) in [6, 6.07) is 8.97. The molecule has 0 amide bonds. The van der Waals surface area contributed by atoms with Gasteiger partial charge in [0, 0.05) is 26.5 Å². The number of benzene rings is 1. The topological polar surface area (TPSA) is 106 Å². The summed E-state index contributed by atoms with van der Waals surface area (Å²) < 4.78 is 11.0. The number of aromatic nitrogens is 6. The van der Waals surface area contributed by atoms with Crippen LogP contribution in [0.1, 0.15) is 15.9 Å². The van der Waals surface area contributed by atoms with E-state index in [-0.39, 0.29) is 13.2 Å². The largest absolute Gasteiger partial charge is 0.460 e. The highest BCUT2D eigenvalue weighted by atomic mass is 16.5. The molecule has 1 aromatic carbocycles. The van der Waals surface area contributed by atoms with Gasteiger partial charge in [-0.2, -0.15) is 5.10 Å². The molecule has 0 aliphatic heterocycles. The third kappa shape index (κ3) is 3.54. The van der Waals surface area contributed by atoms with Crippen LogP contribution >= 0.6 is 0 Å². The minimum Gasteiger partial charge on any atom is -0.460 e. The van der Waals surface area contributed by atoms with Crippen LogP contribution in [0, 0.1) is 0 Å². The van der Waals surface area contributed by atoms with Crippen LogP contribution in [0.25, 0.3) is 11.2 Å². The van der Waals surface area contributed by atoms with Gasteiger partial charge in [-0.05, 0) is 23.8 Å². The Kier molecular flexibility index (Phi) is 5.05. The third-order valence-corrected chi connectivity index (χ3v) is 4.88. The lowest BCUT2D eigenvalue weighted by molar-refractivity contribution is 0.0492. The van der Waals surface area contributed by atoms with Crippen LogP contribution in [0.4, 0.5) is 0 Å². The lowest BCUT2D eigenvalue weighted by Gasteiger charge is -2.08. The molecule has 4 aromatic rings. The number of ether oxygens (including phenoxy) is 1. The van der Waals surface area contributed by atoms with Crippen molar-refractivity contribution in [2.24, 2.45) is 14.1 Å². The average Bonchev–Trinajstić information content (AvgIpc) is 3.41. The molecule has 0 fully saturated rings. The summed E-state index contributed by atoms with van der Waals surface area (Å²) in [7, 11) is 2.97. The zero-order valence-electron chi connectivity index (χ0n) is 16.6. The van der Waals surface area contributed by atoms with Gasteiger partial charge in [0.25, 0.3) is 5.56 Å². The zero-order chi connectivity index (χ0) is 21.3. The molecule has 3 aromatic heterocycles. The predicted octanol–water partition coefficient (Wildman–Crippen LogP) is 0.535. The molecule has 0 radical (unpaired) electrons. The predicted molar refractivity (Wildman–Crippen MR) is 108 cm³/mol. The molecule has 0 unspecified atom stereocenters. The maximum Gasteiger partial charge on any atom is 0.338 e. The molecule has 10 heteroatoms.